The van der Waals surface area contributed by atoms with Crippen LogP contribution in [0.2, 0.25) is 0 Å². The number of hydrogen-bond donors (Lipinski definition) is 1. The molecule has 9 nitrogen and oxygen atoms in total. The van der Waals surface area contributed by atoms with Gasteiger partial charge < -0.3 is 19.7 Å². The molecule has 0 unspecified atom stereocenters. The van der Waals surface area contributed by atoms with Crippen molar-refractivity contribution >= 4 is 27.5 Å². The van der Waals surface area contributed by atoms with Gasteiger partial charge in [0.1, 0.15) is 31.6 Å². The summed E-state index contributed by atoms with van der Waals surface area (Å²) in [5.41, 5.74) is 0.220. The molecule has 1 aliphatic heterocycles. The molecule has 1 atom stereocenters. The van der Waals surface area contributed by atoms with Crippen molar-refractivity contribution in [2.24, 2.45) is 0 Å². The first-order chi connectivity index (χ1) is 19.9. The third kappa shape index (κ3) is 7.39. The number of rotatable bonds is 10. The molecule has 3 aromatic rings. The van der Waals surface area contributed by atoms with Crippen molar-refractivity contribution in [3.63, 3.8) is 0 Å². The van der Waals surface area contributed by atoms with Crippen molar-refractivity contribution in [1.29, 1.82) is 0 Å². The van der Waals surface area contributed by atoms with Crippen LogP contribution in [-0.4, -0.2) is 56.5 Å². The van der Waals surface area contributed by atoms with Crippen molar-refractivity contribution < 1.29 is 31.9 Å². The van der Waals surface area contributed by atoms with Gasteiger partial charge in [-0.3, -0.25) is 13.9 Å². The molecule has 4 rings (SSSR count). The molecule has 42 heavy (non-hydrogen) atoms. The van der Waals surface area contributed by atoms with Crippen molar-refractivity contribution in [3.8, 4) is 11.5 Å². The predicted octanol–water partition coefficient (Wildman–Crippen LogP) is 4.51. The fraction of sp³-hybridized carbons (Fsp3) is 0.355. The van der Waals surface area contributed by atoms with Gasteiger partial charge in [0.15, 0.2) is 11.5 Å². The third-order valence-electron chi connectivity index (χ3n) is 6.57. The summed E-state index contributed by atoms with van der Waals surface area (Å²) in [6, 6.07) is 17.2. The Bertz CT molecular complexity index is 1510. The molecule has 0 fully saturated rings. The molecule has 224 valence electrons. The minimum absolute atomic E-state index is 0.00436. The van der Waals surface area contributed by atoms with E-state index in [4.69, 9.17) is 9.47 Å². The van der Waals surface area contributed by atoms with E-state index in [1.807, 2.05) is 20.8 Å². The Morgan fingerprint density at radius 3 is 2.21 bits per heavy atom. The standard InChI is InChI=1S/C31H36FN3O6S/c1-5-26(30(37)33-31(2,3)4)34(20-22-11-13-23(32)14-12-22)29(36)21-35(42(38,39)25-9-7-6-8-10-25)24-15-16-27-28(19-24)41-18-17-40-27/h6-16,19,26H,5,17-18,20-21H2,1-4H3,(H,33,37)/t26-/m1/s1. The van der Waals surface area contributed by atoms with Crippen LogP contribution in [0.15, 0.2) is 77.7 Å². The van der Waals surface area contributed by atoms with E-state index in [9.17, 15) is 22.4 Å². The number of anilines is 1. The summed E-state index contributed by atoms with van der Waals surface area (Å²) in [7, 11) is -4.23. The zero-order valence-electron chi connectivity index (χ0n) is 24.2. The number of amides is 2. The molecule has 0 bridgehead atoms. The molecule has 0 radical (unpaired) electrons. The Kier molecular flexibility index (Phi) is 9.40. The average Bonchev–Trinajstić information content (AvgIpc) is 2.96. The van der Waals surface area contributed by atoms with Crippen molar-refractivity contribution in [3.05, 3.63) is 84.2 Å². The highest BCUT2D eigenvalue weighted by atomic mass is 32.2. The first kappa shape index (κ1) is 30.8. The summed E-state index contributed by atoms with van der Waals surface area (Å²) in [5.74, 6) is -0.593. The maximum atomic E-state index is 14.1. The lowest BCUT2D eigenvalue weighted by Crippen LogP contribution is -2.55. The highest BCUT2D eigenvalue weighted by molar-refractivity contribution is 7.92. The van der Waals surface area contributed by atoms with E-state index in [2.05, 4.69) is 5.32 Å². The maximum Gasteiger partial charge on any atom is 0.264 e. The summed E-state index contributed by atoms with van der Waals surface area (Å²) < 4.78 is 53.9. The predicted molar refractivity (Wildman–Crippen MR) is 157 cm³/mol. The topological polar surface area (TPSA) is 105 Å². The monoisotopic (exact) mass is 597 g/mol. The van der Waals surface area contributed by atoms with Crippen LogP contribution in [0.4, 0.5) is 10.1 Å². The van der Waals surface area contributed by atoms with E-state index in [-0.39, 0.29) is 29.5 Å². The van der Waals surface area contributed by atoms with Gasteiger partial charge in [0.25, 0.3) is 10.0 Å². The normalized spacial score (nSPS) is 13.6. The Labute approximate surface area is 246 Å². The number of halogens is 1. The lowest BCUT2D eigenvalue weighted by molar-refractivity contribution is -0.141. The average molecular weight is 598 g/mol. The summed E-state index contributed by atoms with van der Waals surface area (Å²) in [6.07, 6.45) is 0.268. The Balaban J connectivity index is 1.76. The van der Waals surface area contributed by atoms with Gasteiger partial charge in [-0.2, -0.15) is 0 Å². The quantitative estimate of drug-likeness (QED) is 0.369. The minimum Gasteiger partial charge on any atom is -0.486 e. The molecule has 0 aliphatic carbocycles. The van der Waals surface area contributed by atoms with Gasteiger partial charge in [-0.1, -0.05) is 37.3 Å². The second-order valence-corrected chi connectivity index (χ2v) is 12.8. The molecule has 3 aromatic carbocycles. The van der Waals surface area contributed by atoms with Crippen LogP contribution >= 0.6 is 0 Å². The van der Waals surface area contributed by atoms with Crippen LogP contribution in [0.1, 0.15) is 39.7 Å². The molecular weight excluding hydrogens is 561 g/mol. The number of carbonyl (C=O) groups is 2. The van der Waals surface area contributed by atoms with Crippen LogP contribution in [0, 0.1) is 5.82 Å². The second-order valence-electron chi connectivity index (χ2n) is 11.0. The molecule has 0 saturated carbocycles. The highest BCUT2D eigenvalue weighted by Gasteiger charge is 2.35. The van der Waals surface area contributed by atoms with Gasteiger partial charge in [-0.25, -0.2) is 12.8 Å². The number of sulfonamides is 1. The molecule has 1 aliphatic rings. The molecule has 0 saturated heterocycles. The molecule has 11 heteroatoms. The van der Waals surface area contributed by atoms with E-state index in [1.165, 1.54) is 47.4 Å². The number of nitrogens with zero attached hydrogens (tertiary/aromatic N) is 2. The van der Waals surface area contributed by atoms with Crippen LogP contribution in [0.25, 0.3) is 0 Å². The van der Waals surface area contributed by atoms with E-state index < -0.39 is 39.9 Å². The first-order valence-electron chi connectivity index (χ1n) is 13.7. The number of benzene rings is 3. The van der Waals surface area contributed by atoms with Gasteiger partial charge in [0, 0.05) is 18.2 Å². The minimum atomic E-state index is -4.23. The number of ether oxygens (including phenoxy) is 2. The van der Waals surface area contributed by atoms with Crippen LogP contribution in [0.3, 0.4) is 0 Å². The van der Waals surface area contributed by atoms with Crippen molar-refractivity contribution in [2.75, 3.05) is 24.1 Å². The van der Waals surface area contributed by atoms with Gasteiger partial charge in [-0.05, 0) is 69.2 Å². The maximum absolute atomic E-state index is 14.1. The fourth-order valence-electron chi connectivity index (χ4n) is 4.59. The van der Waals surface area contributed by atoms with E-state index in [0.717, 1.165) is 4.31 Å². The molecule has 0 spiro atoms. The first-order valence-corrected chi connectivity index (χ1v) is 15.2. The fourth-order valence-corrected chi connectivity index (χ4v) is 6.02. The summed E-state index contributed by atoms with van der Waals surface area (Å²) in [6.45, 7) is 7.31. The van der Waals surface area contributed by atoms with Gasteiger partial charge in [-0.15, -0.1) is 0 Å². The summed E-state index contributed by atoms with van der Waals surface area (Å²) in [4.78, 5) is 28.9. The molecular formula is C31H36FN3O6S. The smallest absolute Gasteiger partial charge is 0.264 e. The van der Waals surface area contributed by atoms with E-state index in [0.29, 0.717) is 30.3 Å². The van der Waals surface area contributed by atoms with E-state index >= 15 is 0 Å². The third-order valence-corrected chi connectivity index (χ3v) is 8.36. The number of hydrogen-bond acceptors (Lipinski definition) is 6. The molecule has 1 N–H and O–H groups in total. The molecule has 2 amide bonds. The van der Waals surface area contributed by atoms with Crippen molar-refractivity contribution in [1.82, 2.24) is 10.2 Å². The lowest BCUT2D eigenvalue weighted by Gasteiger charge is -2.35. The van der Waals surface area contributed by atoms with Crippen LogP contribution in [0.5, 0.6) is 11.5 Å². The van der Waals surface area contributed by atoms with Gasteiger partial charge >= 0.3 is 0 Å². The van der Waals surface area contributed by atoms with Crippen LogP contribution < -0.4 is 19.1 Å². The summed E-state index contributed by atoms with van der Waals surface area (Å²) >= 11 is 0. The lowest BCUT2D eigenvalue weighted by atomic mass is 10.1. The Morgan fingerprint density at radius 2 is 1.60 bits per heavy atom. The Hall–Kier alpha value is -4.12. The van der Waals surface area contributed by atoms with Crippen molar-refractivity contribution in [2.45, 2.75) is 57.1 Å². The zero-order valence-corrected chi connectivity index (χ0v) is 25.0. The Morgan fingerprint density at radius 1 is 0.952 bits per heavy atom. The number of nitrogens with one attached hydrogen (secondary N) is 1. The SMILES string of the molecule is CC[C@H](C(=O)NC(C)(C)C)N(Cc1ccc(F)cc1)C(=O)CN(c1ccc2c(c1)OCCO2)S(=O)(=O)c1ccccc1. The summed E-state index contributed by atoms with van der Waals surface area (Å²) in [5, 5.41) is 2.92. The number of carbonyl (C=O) groups excluding carboxylic acids is 2. The van der Waals surface area contributed by atoms with Gasteiger partial charge in [0.05, 0.1) is 10.6 Å². The number of fused-ring (bicyclic) bond motifs is 1. The molecule has 1 heterocycles. The highest BCUT2D eigenvalue weighted by Crippen LogP contribution is 2.36. The zero-order chi connectivity index (χ0) is 30.5. The van der Waals surface area contributed by atoms with E-state index in [1.54, 1.807) is 37.3 Å². The molecule has 0 aromatic heterocycles. The van der Waals surface area contributed by atoms with Gasteiger partial charge in [0.2, 0.25) is 11.8 Å². The second kappa shape index (κ2) is 12.8. The largest absolute Gasteiger partial charge is 0.486 e. The van der Waals surface area contributed by atoms with Crippen LogP contribution in [-0.2, 0) is 26.2 Å².